The van der Waals surface area contributed by atoms with Gasteiger partial charge < -0.3 is 25.4 Å². The Bertz CT molecular complexity index is 1640. The second-order valence-corrected chi connectivity index (χ2v) is 12.3. The molecule has 1 saturated heterocycles. The van der Waals surface area contributed by atoms with Crippen LogP contribution in [0, 0.1) is 5.82 Å². The van der Waals surface area contributed by atoms with Gasteiger partial charge >= 0.3 is 6.03 Å². The van der Waals surface area contributed by atoms with Crippen molar-refractivity contribution in [3.63, 3.8) is 0 Å². The van der Waals surface area contributed by atoms with Crippen LogP contribution >= 0.6 is 11.3 Å². The number of hydrogen-bond acceptors (Lipinski definition) is 8. The number of ether oxygens (including phenoxy) is 1. The third-order valence-electron chi connectivity index (χ3n) is 7.92. The summed E-state index contributed by atoms with van der Waals surface area (Å²) in [7, 11) is 0. The smallest absolute Gasteiger partial charge is 0.319 e. The Morgan fingerprint density at radius 1 is 1.09 bits per heavy atom. The number of pyridine rings is 2. The molecule has 4 aromatic rings. The average molecular weight is 619 g/mol. The molecule has 1 saturated carbocycles. The molecule has 12 heteroatoms. The second-order valence-electron chi connectivity index (χ2n) is 11.2. The van der Waals surface area contributed by atoms with E-state index in [-0.39, 0.29) is 36.4 Å². The third kappa shape index (κ3) is 7.15. The number of rotatable bonds is 10. The Morgan fingerprint density at radius 2 is 1.91 bits per heavy atom. The summed E-state index contributed by atoms with van der Waals surface area (Å²) in [6.07, 6.45) is 7.22. The molecule has 3 N–H and O–H groups in total. The SMILES string of the molecule is CC(=O)N(CCO)C1CCN(Cc2ccc(-c3cc4nccc(Oc5ccc(NC(=O)NC6CC6)cc5F)c4s3)nc2)CC1. The van der Waals surface area contributed by atoms with Crippen molar-refractivity contribution >= 4 is 39.2 Å². The van der Waals surface area contributed by atoms with Crippen molar-refractivity contribution in [3.05, 3.63) is 66.2 Å². The molecular weight excluding hydrogens is 583 g/mol. The topological polar surface area (TPSA) is 120 Å². The zero-order valence-corrected chi connectivity index (χ0v) is 25.3. The van der Waals surface area contributed by atoms with Gasteiger partial charge in [-0.1, -0.05) is 6.07 Å². The standard InChI is InChI=1S/C32H35FN6O4S/c1-20(41)39(14-15-40)24-9-12-38(13-10-24)19-21-2-6-26(35-18-21)30-17-27-31(44-30)29(8-11-34-27)43-28-7-5-23(16-25(28)33)37-32(42)36-22-3-4-22/h2,5-8,11,16-18,22,24,40H,3-4,9-10,12-15,19H2,1H3,(H2,36,37,42). The number of amides is 3. The first-order valence-corrected chi connectivity index (χ1v) is 15.7. The van der Waals surface area contributed by atoms with E-state index in [0.29, 0.717) is 18.0 Å². The molecule has 0 atom stereocenters. The molecule has 0 radical (unpaired) electrons. The van der Waals surface area contributed by atoms with Gasteiger partial charge in [-0.15, -0.1) is 11.3 Å². The third-order valence-corrected chi connectivity index (χ3v) is 9.09. The minimum atomic E-state index is -0.584. The minimum Gasteiger partial charge on any atom is -0.453 e. The Labute approximate surface area is 258 Å². The van der Waals surface area contributed by atoms with Gasteiger partial charge in [0.15, 0.2) is 11.6 Å². The molecule has 0 bridgehead atoms. The van der Waals surface area contributed by atoms with Gasteiger partial charge in [0.25, 0.3) is 0 Å². The first-order valence-electron chi connectivity index (χ1n) is 14.9. The maximum absolute atomic E-state index is 14.9. The molecule has 2 aliphatic rings. The van der Waals surface area contributed by atoms with Gasteiger partial charge in [-0.3, -0.25) is 19.7 Å². The number of halogens is 1. The molecule has 4 heterocycles. The van der Waals surface area contributed by atoms with Gasteiger partial charge in [-0.25, -0.2) is 9.18 Å². The number of urea groups is 1. The number of nitrogens with one attached hydrogen (secondary N) is 2. The molecule has 6 rings (SSSR count). The lowest BCUT2D eigenvalue weighted by Gasteiger charge is -2.38. The molecule has 3 aromatic heterocycles. The van der Waals surface area contributed by atoms with Crippen molar-refractivity contribution in [2.45, 2.75) is 51.2 Å². The van der Waals surface area contributed by atoms with Crippen molar-refractivity contribution in [2.75, 3.05) is 31.6 Å². The Morgan fingerprint density at radius 3 is 2.59 bits per heavy atom. The molecular formula is C32H35FN6O4S. The molecule has 44 heavy (non-hydrogen) atoms. The van der Waals surface area contributed by atoms with E-state index in [2.05, 4.69) is 26.6 Å². The Kier molecular flexibility index (Phi) is 9.01. The highest BCUT2D eigenvalue weighted by atomic mass is 32.1. The zero-order chi connectivity index (χ0) is 30.6. The number of hydrogen-bond donors (Lipinski definition) is 3. The van der Waals surface area contributed by atoms with E-state index < -0.39 is 5.82 Å². The molecule has 1 aliphatic carbocycles. The number of benzene rings is 1. The summed E-state index contributed by atoms with van der Waals surface area (Å²) < 4.78 is 21.7. The van der Waals surface area contributed by atoms with Crippen LogP contribution in [0.15, 0.2) is 54.9 Å². The average Bonchev–Trinajstić information content (AvgIpc) is 3.71. The summed E-state index contributed by atoms with van der Waals surface area (Å²) in [6.45, 7) is 4.46. The molecule has 2 fully saturated rings. The fourth-order valence-electron chi connectivity index (χ4n) is 5.50. The van der Waals surface area contributed by atoms with Crippen LogP contribution in [0.25, 0.3) is 20.8 Å². The van der Waals surface area contributed by atoms with Gasteiger partial charge in [0, 0.05) is 75.4 Å². The maximum atomic E-state index is 14.9. The Balaban J connectivity index is 1.09. The van der Waals surface area contributed by atoms with E-state index >= 15 is 0 Å². The minimum absolute atomic E-state index is 0.0112. The first-order chi connectivity index (χ1) is 21.4. The summed E-state index contributed by atoms with van der Waals surface area (Å²) in [5.41, 5.74) is 3.00. The molecule has 10 nitrogen and oxygen atoms in total. The van der Waals surface area contributed by atoms with Crippen LogP contribution in [0.1, 0.15) is 38.2 Å². The number of thiophene rings is 1. The summed E-state index contributed by atoms with van der Waals surface area (Å²) in [5.74, 6) is -0.0370. The number of aliphatic hydroxyl groups excluding tert-OH is 1. The number of piperidine rings is 1. The lowest BCUT2D eigenvalue weighted by Crippen LogP contribution is -2.47. The number of anilines is 1. The fraction of sp³-hybridized carbons (Fsp3) is 0.375. The number of fused-ring (bicyclic) bond motifs is 1. The molecule has 0 unspecified atom stereocenters. The fourth-order valence-corrected chi connectivity index (χ4v) is 6.54. The summed E-state index contributed by atoms with van der Waals surface area (Å²) in [4.78, 5) is 38.2. The Hall–Kier alpha value is -4.13. The lowest BCUT2D eigenvalue weighted by molar-refractivity contribution is -0.132. The molecule has 1 aromatic carbocycles. The van der Waals surface area contributed by atoms with E-state index in [4.69, 9.17) is 9.72 Å². The van der Waals surface area contributed by atoms with Gasteiger partial charge in [0.05, 0.1) is 27.4 Å². The zero-order valence-electron chi connectivity index (χ0n) is 24.5. The van der Waals surface area contributed by atoms with Crippen molar-refractivity contribution in [2.24, 2.45) is 0 Å². The maximum Gasteiger partial charge on any atom is 0.319 e. The number of nitrogens with zero attached hydrogens (tertiary/aromatic N) is 4. The van der Waals surface area contributed by atoms with Gasteiger partial charge in [-0.2, -0.15) is 0 Å². The van der Waals surface area contributed by atoms with Gasteiger partial charge in [-0.05, 0) is 55.5 Å². The molecule has 230 valence electrons. The van der Waals surface area contributed by atoms with E-state index in [1.54, 1.807) is 30.2 Å². The van der Waals surface area contributed by atoms with E-state index in [9.17, 15) is 19.1 Å². The number of aliphatic hydroxyl groups is 1. The van der Waals surface area contributed by atoms with Crippen molar-refractivity contribution in [3.8, 4) is 22.1 Å². The van der Waals surface area contributed by atoms with Crippen molar-refractivity contribution in [1.82, 2.24) is 25.1 Å². The number of likely N-dealkylation sites (tertiary alicyclic amines) is 1. The van der Waals surface area contributed by atoms with Crippen molar-refractivity contribution in [1.29, 1.82) is 0 Å². The van der Waals surface area contributed by atoms with Crippen LogP contribution in [-0.4, -0.2) is 75.1 Å². The summed E-state index contributed by atoms with van der Waals surface area (Å²) in [6, 6.07) is 12.1. The molecule has 0 spiro atoms. The van der Waals surface area contributed by atoms with Crippen LogP contribution in [0.3, 0.4) is 0 Å². The number of aromatic nitrogens is 2. The predicted octanol–water partition coefficient (Wildman–Crippen LogP) is 5.38. The largest absolute Gasteiger partial charge is 0.453 e. The highest BCUT2D eigenvalue weighted by molar-refractivity contribution is 7.22. The lowest BCUT2D eigenvalue weighted by atomic mass is 10.0. The molecule has 3 amide bonds. The molecule has 1 aliphatic heterocycles. The monoisotopic (exact) mass is 618 g/mol. The van der Waals surface area contributed by atoms with Crippen LogP contribution in [-0.2, 0) is 11.3 Å². The van der Waals surface area contributed by atoms with E-state index in [1.165, 1.54) is 23.5 Å². The van der Waals surface area contributed by atoms with Crippen LogP contribution in [0.4, 0.5) is 14.9 Å². The van der Waals surface area contributed by atoms with Crippen LogP contribution < -0.4 is 15.4 Å². The summed E-state index contributed by atoms with van der Waals surface area (Å²) >= 11 is 1.48. The normalized spacial score (nSPS) is 15.7. The second kappa shape index (κ2) is 13.2. The van der Waals surface area contributed by atoms with Crippen LogP contribution in [0.5, 0.6) is 11.5 Å². The van der Waals surface area contributed by atoms with E-state index in [1.807, 2.05) is 18.3 Å². The van der Waals surface area contributed by atoms with Crippen molar-refractivity contribution < 1.29 is 23.8 Å². The van der Waals surface area contributed by atoms with Gasteiger partial charge in [0.2, 0.25) is 5.91 Å². The van der Waals surface area contributed by atoms with Crippen LogP contribution in [0.2, 0.25) is 0 Å². The predicted molar refractivity (Wildman–Crippen MR) is 167 cm³/mol. The van der Waals surface area contributed by atoms with E-state index in [0.717, 1.165) is 71.7 Å². The highest BCUT2D eigenvalue weighted by Crippen LogP contribution is 2.39. The summed E-state index contributed by atoms with van der Waals surface area (Å²) in [5, 5.41) is 14.8. The quantitative estimate of drug-likeness (QED) is 0.218. The highest BCUT2D eigenvalue weighted by Gasteiger charge is 2.26. The van der Waals surface area contributed by atoms with Gasteiger partial charge in [0.1, 0.15) is 5.75 Å². The first kappa shape index (κ1) is 29.9. The number of carbonyl (C=O) groups is 2. The number of carbonyl (C=O) groups excluding carboxylic acids is 2.